The third kappa shape index (κ3) is 11.2. The maximum atomic E-state index is 3.90. The van der Waals surface area contributed by atoms with Crippen molar-refractivity contribution in [3.8, 4) is 44.5 Å². The molecule has 0 unspecified atom stereocenters. The largest absolute Gasteiger partial charge is 0.0928 e. The van der Waals surface area contributed by atoms with Gasteiger partial charge in [-0.3, -0.25) is 0 Å². The molecule has 5 aromatic rings. The highest BCUT2D eigenvalue weighted by Crippen LogP contribution is 2.57. The van der Waals surface area contributed by atoms with Gasteiger partial charge in [0.05, 0.1) is 0 Å². The molecule has 62 heavy (non-hydrogen) atoms. The first-order chi connectivity index (χ1) is 30.4. The maximum absolute atomic E-state index is 3.90. The quantitative estimate of drug-likeness (QED) is 0.0382. The van der Waals surface area contributed by atoms with E-state index in [1.165, 1.54) is 193 Å². The smallest absolute Gasteiger partial charge is 0.0215 e. The Bertz CT molecular complexity index is 2020. The number of rotatable bonds is 26. The maximum Gasteiger partial charge on any atom is 0.0215 e. The summed E-state index contributed by atoms with van der Waals surface area (Å²) in [6, 6.07) is 38.5. The second kappa shape index (κ2) is 24.1. The van der Waals surface area contributed by atoms with E-state index in [0.29, 0.717) is 0 Å². The summed E-state index contributed by atoms with van der Waals surface area (Å²) in [6.07, 6.45) is 25.2. The van der Waals surface area contributed by atoms with Crippen LogP contribution >= 0.6 is 95.6 Å². The first kappa shape index (κ1) is 48.9. The summed E-state index contributed by atoms with van der Waals surface area (Å²) in [7, 11) is 0. The Morgan fingerprint density at radius 3 is 0.839 bits per heavy atom. The highest BCUT2D eigenvalue weighted by molar-refractivity contribution is 9.11. The lowest BCUT2D eigenvalue weighted by atomic mass is 9.70. The molecule has 0 heterocycles. The molecule has 5 aromatic carbocycles. The molecule has 0 nitrogen and oxygen atoms in total. The molecule has 330 valence electrons. The molecule has 0 atom stereocenters. The summed E-state index contributed by atoms with van der Waals surface area (Å²) in [6.45, 7) is 0. The lowest BCUT2D eigenvalue weighted by molar-refractivity contribution is 0.401. The van der Waals surface area contributed by atoms with Crippen molar-refractivity contribution in [2.75, 3.05) is 21.3 Å². The Hall–Kier alpha value is -1.02. The van der Waals surface area contributed by atoms with Crippen molar-refractivity contribution in [1.29, 1.82) is 0 Å². The molecular weight excluding hydrogens is 1150 g/mol. The van der Waals surface area contributed by atoms with Crippen LogP contribution in [0.5, 0.6) is 0 Å². The van der Waals surface area contributed by atoms with E-state index in [4.69, 9.17) is 0 Å². The van der Waals surface area contributed by atoms with Gasteiger partial charge in [-0.15, -0.1) is 0 Å². The van der Waals surface area contributed by atoms with Gasteiger partial charge >= 0.3 is 0 Å². The van der Waals surface area contributed by atoms with Crippen LogP contribution in [-0.2, 0) is 10.8 Å². The van der Waals surface area contributed by atoms with E-state index in [0.717, 1.165) is 21.3 Å². The van der Waals surface area contributed by atoms with Gasteiger partial charge in [-0.05, 0) is 155 Å². The summed E-state index contributed by atoms with van der Waals surface area (Å²) in [5.41, 5.74) is 17.3. The predicted octanol–water partition coefficient (Wildman–Crippen LogP) is 20.5. The second-order valence-electron chi connectivity index (χ2n) is 18.1. The van der Waals surface area contributed by atoms with Crippen LogP contribution in [0.25, 0.3) is 44.5 Å². The number of hydrogen-bond donors (Lipinski definition) is 0. The van der Waals surface area contributed by atoms with E-state index in [1.54, 1.807) is 11.1 Å². The zero-order chi connectivity index (χ0) is 43.4. The van der Waals surface area contributed by atoms with Crippen LogP contribution in [0.2, 0.25) is 0 Å². The summed E-state index contributed by atoms with van der Waals surface area (Å²) >= 11 is 22.5. The molecule has 2 aliphatic rings. The minimum atomic E-state index is 0.0408. The topological polar surface area (TPSA) is 0 Å². The van der Waals surface area contributed by atoms with Gasteiger partial charge in [-0.1, -0.05) is 233 Å². The Balaban J connectivity index is 1.21. The van der Waals surface area contributed by atoms with Crippen molar-refractivity contribution in [3.63, 3.8) is 0 Å². The molecule has 0 spiro atoms. The van der Waals surface area contributed by atoms with E-state index < -0.39 is 0 Å². The van der Waals surface area contributed by atoms with Crippen molar-refractivity contribution in [2.24, 2.45) is 0 Å². The lowest BCUT2D eigenvalue weighted by Gasteiger charge is -2.33. The van der Waals surface area contributed by atoms with Gasteiger partial charge in [-0.2, -0.15) is 0 Å². The normalized spacial score (nSPS) is 14.2. The fourth-order valence-electron chi connectivity index (χ4n) is 11.0. The molecule has 0 bridgehead atoms. The fraction of sp³-hybridized carbons (Fsp3) is 0.464. The third-order valence-electron chi connectivity index (χ3n) is 14.1. The van der Waals surface area contributed by atoms with Crippen molar-refractivity contribution in [3.05, 3.63) is 128 Å². The van der Waals surface area contributed by atoms with E-state index in [-0.39, 0.29) is 10.8 Å². The van der Waals surface area contributed by atoms with Gasteiger partial charge in [0.2, 0.25) is 0 Å². The van der Waals surface area contributed by atoms with Gasteiger partial charge in [0.1, 0.15) is 0 Å². The molecule has 0 amide bonds. The molecule has 0 aromatic heterocycles. The zero-order valence-electron chi connectivity index (χ0n) is 36.5. The van der Waals surface area contributed by atoms with Crippen molar-refractivity contribution < 1.29 is 0 Å². The highest BCUT2D eigenvalue weighted by atomic mass is 79.9. The van der Waals surface area contributed by atoms with Gasteiger partial charge < -0.3 is 0 Å². The molecule has 0 saturated heterocycles. The predicted molar refractivity (Wildman–Crippen MR) is 293 cm³/mol. The summed E-state index contributed by atoms with van der Waals surface area (Å²) in [5, 5.41) is 4.40. The van der Waals surface area contributed by atoms with Gasteiger partial charge in [-0.25, -0.2) is 0 Å². The Morgan fingerprint density at radius 1 is 0.274 bits per heavy atom. The molecule has 0 fully saturated rings. The number of halogens is 6. The number of alkyl halides is 4. The van der Waals surface area contributed by atoms with Gasteiger partial charge in [0.15, 0.2) is 0 Å². The Kier molecular flexibility index (Phi) is 19.0. The lowest BCUT2D eigenvalue weighted by Crippen LogP contribution is -2.25. The molecule has 7 rings (SSSR count). The van der Waals surface area contributed by atoms with Crippen LogP contribution in [0.3, 0.4) is 0 Å². The number of hydrogen-bond acceptors (Lipinski definition) is 0. The van der Waals surface area contributed by atoms with Gasteiger partial charge in [0.25, 0.3) is 0 Å². The minimum Gasteiger partial charge on any atom is -0.0928 e. The van der Waals surface area contributed by atoms with Gasteiger partial charge in [0, 0.05) is 41.1 Å². The molecule has 0 saturated carbocycles. The zero-order valence-corrected chi connectivity index (χ0v) is 46.0. The van der Waals surface area contributed by atoms with Crippen LogP contribution in [-0.4, -0.2) is 21.3 Å². The first-order valence-electron chi connectivity index (χ1n) is 23.6. The van der Waals surface area contributed by atoms with Crippen molar-refractivity contribution in [1.82, 2.24) is 0 Å². The average Bonchev–Trinajstić information content (AvgIpc) is 3.70. The van der Waals surface area contributed by atoms with E-state index >= 15 is 0 Å². The van der Waals surface area contributed by atoms with Crippen LogP contribution in [0.1, 0.15) is 151 Å². The van der Waals surface area contributed by atoms with Crippen molar-refractivity contribution in [2.45, 2.75) is 139 Å². The molecule has 6 heteroatoms. The van der Waals surface area contributed by atoms with Crippen LogP contribution in [0.15, 0.2) is 106 Å². The SMILES string of the molecule is BrCCCCCCC1(CCCCCCBr)c2cc(Br)ccc2-c2ccc(-c3ccc(-c4ccc5c(c4)C(CCCCCCBr)(CCCCCCBr)c4cc(Br)ccc4-5)cc3)cc21. The number of benzene rings is 5. The standard InChI is InChI=1S/C56H64Br6/c57-33-13-5-1-9-29-55(30-10-2-6-14-34-58)51-37-43(21-25-47(51)49-27-23-45(61)39-53(49)55)41-17-19-42(20-18-41)44-22-26-48-50-28-24-46(62)40-54(50)56(52(48)38-44,31-11-3-7-15-35-59)32-12-4-8-16-36-60/h17-28,37-40H,1-16,29-36H2. The molecule has 0 aliphatic heterocycles. The summed E-state index contributed by atoms with van der Waals surface area (Å²) in [4.78, 5) is 0. The summed E-state index contributed by atoms with van der Waals surface area (Å²) < 4.78 is 2.39. The van der Waals surface area contributed by atoms with E-state index in [2.05, 4.69) is 193 Å². The second-order valence-corrected chi connectivity index (χ2v) is 23.1. The monoisotopic (exact) mass is 1210 g/mol. The Labute approximate surface area is 424 Å². The molecular formula is C56H64Br6. The minimum absolute atomic E-state index is 0.0408. The van der Waals surface area contributed by atoms with Crippen LogP contribution < -0.4 is 0 Å². The fourth-order valence-corrected chi connectivity index (χ4v) is 13.3. The molecule has 0 N–H and O–H groups in total. The first-order valence-corrected chi connectivity index (χ1v) is 29.7. The van der Waals surface area contributed by atoms with Crippen LogP contribution in [0.4, 0.5) is 0 Å². The van der Waals surface area contributed by atoms with E-state index in [9.17, 15) is 0 Å². The number of unbranched alkanes of at least 4 members (excludes halogenated alkanes) is 12. The Morgan fingerprint density at radius 2 is 0.532 bits per heavy atom. The van der Waals surface area contributed by atoms with Crippen LogP contribution in [0, 0.1) is 0 Å². The third-order valence-corrected chi connectivity index (χ3v) is 17.4. The average molecular weight is 1220 g/mol. The highest BCUT2D eigenvalue weighted by Gasteiger charge is 2.44. The molecule has 2 aliphatic carbocycles. The summed E-state index contributed by atoms with van der Waals surface area (Å²) in [5.74, 6) is 0. The van der Waals surface area contributed by atoms with Crippen molar-refractivity contribution >= 4 is 95.6 Å². The number of fused-ring (bicyclic) bond motifs is 6. The molecule has 0 radical (unpaired) electrons. The van der Waals surface area contributed by atoms with E-state index in [1.807, 2.05) is 0 Å².